The molecule has 0 unspecified atom stereocenters. The molecule has 1 atom stereocenters. The average Bonchev–Trinajstić information content (AvgIpc) is 3.22. The topological polar surface area (TPSA) is 41.6 Å². The second-order valence-corrected chi connectivity index (χ2v) is 7.29. The number of rotatable bonds is 5. The number of para-hydroxylation sites is 1. The van der Waals surface area contributed by atoms with E-state index in [-0.39, 0.29) is 23.1 Å². The highest BCUT2D eigenvalue weighted by Crippen LogP contribution is 2.28. The molecule has 0 aromatic heterocycles. The molecule has 1 N–H and O–H groups in total. The largest absolute Gasteiger partial charge is 0.497 e. The number of amides is 1. The Kier molecular flexibility index (Phi) is 5.65. The zero-order chi connectivity index (χ0) is 21.1. The van der Waals surface area contributed by atoms with E-state index in [1.165, 1.54) is 31.4 Å². The molecule has 1 amide bonds. The van der Waals surface area contributed by atoms with E-state index in [1.807, 2.05) is 30.3 Å². The second kappa shape index (κ2) is 8.53. The van der Waals surface area contributed by atoms with Gasteiger partial charge >= 0.3 is 0 Å². The summed E-state index contributed by atoms with van der Waals surface area (Å²) < 4.78 is 34.0. The van der Waals surface area contributed by atoms with Crippen molar-refractivity contribution in [2.24, 2.45) is 0 Å². The summed E-state index contributed by atoms with van der Waals surface area (Å²) >= 11 is 0. The Bertz CT molecular complexity index is 1060. The van der Waals surface area contributed by atoms with Gasteiger partial charge in [0.1, 0.15) is 17.4 Å². The highest BCUT2D eigenvalue weighted by molar-refractivity contribution is 5.95. The molecule has 0 aliphatic carbocycles. The Balaban J connectivity index is 1.47. The predicted octanol–water partition coefficient (Wildman–Crippen LogP) is 4.97. The number of nitrogens with zero attached hydrogens (tertiary/aromatic N) is 1. The van der Waals surface area contributed by atoms with Gasteiger partial charge in [-0.15, -0.1) is 0 Å². The van der Waals surface area contributed by atoms with E-state index in [2.05, 4.69) is 5.32 Å². The third-order valence-electron chi connectivity index (χ3n) is 5.31. The van der Waals surface area contributed by atoms with Gasteiger partial charge in [-0.1, -0.05) is 24.3 Å². The number of halogens is 2. The van der Waals surface area contributed by atoms with E-state index in [9.17, 15) is 13.6 Å². The Morgan fingerprint density at radius 3 is 2.53 bits per heavy atom. The molecule has 30 heavy (non-hydrogen) atoms. The van der Waals surface area contributed by atoms with Crippen LogP contribution in [0.2, 0.25) is 0 Å². The normalized spacial score (nSPS) is 15.8. The first-order valence-corrected chi connectivity index (χ1v) is 9.79. The van der Waals surface area contributed by atoms with Gasteiger partial charge < -0.3 is 15.0 Å². The smallest absolute Gasteiger partial charge is 0.256 e. The highest BCUT2D eigenvalue weighted by Gasteiger charge is 2.28. The number of carbonyl (C=O) groups is 1. The van der Waals surface area contributed by atoms with Crippen LogP contribution in [0.4, 0.5) is 14.5 Å². The van der Waals surface area contributed by atoms with Crippen LogP contribution in [0.25, 0.3) is 11.1 Å². The lowest BCUT2D eigenvalue weighted by Gasteiger charge is -2.18. The zero-order valence-electron chi connectivity index (χ0n) is 16.6. The molecule has 154 valence electrons. The van der Waals surface area contributed by atoms with Crippen molar-refractivity contribution in [1.29, 1.82) is 0 Å². The molecule has 0 saturated carbocycles. The Morgan fingerprint density at radius 1 is 1.03 bits per heavy atom. The highest BCUT2D eigenvalue weighted by atomic mass is 19.1. The average molecular weight is 408 g/mol. The summed E-state index contributed by atoms with van der Waals surface area (Å²) in [6.45, 7) is 1.06. The molecule has 0 bridgehead atoms. The molecule has 3 aromatic carbocycles. The lowest BCUT2D eigenvalue weighted by molar-refractivity contribution is 0.0787. The number of hydrogen-bond acceptors (Lipinski definition) is 3. The molecular formula is C24H22F2N2O2. The van der Waals surface area contributed by atoms with E-state index in [4.69, 9.17) is 4.74 Å². The van der Waals surface area contributed by atoms with Crippen LogP contribution in [-0.4, -0.2) is 37.0 Å². The van der Waals surface area contributed by atoms with Gasteiger partial charge in [0.2, 0.25) is 0 Å². The monoisotopic (exact) mass is 408 g/mol. The maximum Gasteiger partial charge on any atom is 0.256 e. The fourth-order valence-corrected chi connectivity index (χ4v) is 3.72. The van der Waals surface area contributed by atoms with Crippen molar-refractivity contribution in [3.8, 4) is 16.9 Å². The molecule has 1 aliphatic rings. The van der Waals surface area contributed by atoms with Crippen LogP contribution in [0.5, 0.6) is 5.75 Å². The number of ether oxygens (including phenoxy) is 1. The van der Waals surface area contributed by atoms with Crippen molar-refractivity contribution >= 4 is 11.6 Å². The Morgan fingerprint density at radius 2 is 1.83 bits per heavy atom. The summed E-state index contributed by atoms with van der Waals surface area (Å²) in [7, 11) is 1.45. The Labute approximate surface area is 174 Å². The van der Waals surface area contributed by atoms with Crippen LogP contribution < -0.4 is 10.1 Å². The summed E-state index contributed by atoms with van der Waals surface area (Å²) in [5.74, 6) is -1.14. The van der Waals surface area contributed by atoms with E-state index in [0.29, 0.717) is 24.4 Å². The summed E-state index contributed by atoms with van der Waals surface area (Å²) in [6.07, 6.45) is 0.789. The quantitative estimate of drug-likeness (QED) is 0.648. The van der Waals surface area contributed by atoms with Crippen molar-refractivity contribution in [3.05, 3.63) is 83.9 Å². The molecule has 1 aliphatic heterocycles. The number of anilines is 1. The molecule has 0 spiro atoms. The van der Waals surface area contributed by atoms with Crippen molar-refractivity contribution in [1.82, 2.24) is 4.90 Å². The summed E-state index contributed by atoms with van der Waals surface area (Å²) in [5, 5.41) is 3.40. The first-order valence-electron chi connectivity index (χ1n) is 9.79. The van der Waals surface area contributed by atoms with Crippen LogP contribution in [0.1, 0.15) is 16.8 Å². The second-order valence-electron chi connectivity index (χ2n) is 7.29. The lowest BCUT2D eigenvalue weighted by atomic mass is 10.0. The first-order chi connectivity index (χ1) is 14.5. The summed E-state index contributed by atoms with van der Waals surface area (Å²) in [6, 6.07) is 18.5. The van der Waals surface area contributed by atoms with Gasteiger partial charge in [0.15, 0.2) is 0 Å². The van der Waals surface area contributed by atoms with E-state index >= 15 is 0 Å². The summed E-state index contributed by atoms with van der Waals surface area (Å²) in [5.41, 5.74) is 1.61. The first kappa shape index (κ1) is 19.9. The molecule has 1 fully saturated rings. The standard InChI is InChI=1S/C24H22F2N2O2/c1-30-19-8-10-20(23(26)14-19)16-7-9-21(22(25)13-16)24(29)28-12-11-18(15-28)27-17-5-3-2-4-6-17/h2-10,13-14,18,27H,11-12,15H2,1H3/t18-/m0/s1. The van der Waals surface area contributed by atoms with Crippen molar-refractivity contribution in [3.63, 3.8) is 0 Å². The maximum atomic E-state index is 14.8. The van der Waals surface area contributed by atoms with Crippen LogP contribution in [0.3, 0.4) is 0 Å². The SMILES string of the molecule is COc1ccc(-c2ccc(C(=O)N3CC[C@H](Nc4ccccc4)C3)c(F)c2)c(F)c1. The van der Waals surface area contributed by atoms with E-state index in [1.54, 1.807) is 17.0 Å². The fourth-order valence-electron chi connectivity index (χ4n) is 3.72. The van der Waals surface area contributed by atoms with Gasteiger partial charge in [0.25, 0.3) is 5.91 Å². The van der Waals surface area contributed by atoms with Crippen LogP contribution in [0.15, 0.2) is 66.7 Å². The third-order valence-corrected chi connectivity index (χ3v) is 5.31. The fraction of sp³-hybridized carbons (Fsp3) is 0.208. The van der Waals surface area contributed by atoms with E-state index in [0.717, 1.165) is 12.1 Å². The van der Waals surface area contributed by atoms with Crippen LogP contribution in [-0.2, 0) is 0 Å². The van der Waals surface area contributed by atoms with Gasteiger partial charge in [-0.25, -0.2) is 8.78 Å². The Hall–Kier alpha value is -3.41. The number of likely N-dealkylation sites (tertiary alicyclic amines) is 1. The van der Waals surface area contributed by atoms with Crippen LogP contribution >= 0.6 is 0 Å². The molecule has 1 heterocycles. The van der Waals surface area contributed by atoms with Gasteiger partial charge in [-0.2, -0.15) is 0 Å². The number of nitrogens with one attached hydrogen (secondary N) is 1. The molecule has 0 radical (unpaired) electrons. The summed E-state index contributed by atoms with van der Waals surface area (Å²) in [4.78, 5) is 14.5. The zero-order valence-corrected chi connectivity index (χ0v) is 16.6. The van der Waals surface area contributed by atoms with Crippen molar-refractivity contribution < 1.29 is 18.3 Å². The number of carbonyl (C=O) groups excluding carboxylic acids is 1. The maximum absolute atomic E-state index is 14.8. The minimum absolute atomic E-state index is 0.00645. The third kappa shape index (κ3) is 4.13. The molecule has 1 saturated heterocycles. The number of methoxy groups -OCH3 is 1. The molecule has 4 nitrogen and oxygen atoms in total. The van der Waals surface area contributed by atoms with Gasteiger partial charge in [0.05, 0.1) is 12.7 Å². The van der Waals surface area contributed by atoms with Gasteiger partial charge in [0, 0.05) is 36.4 Å². The minimum atomic E-state index is -0.660. The van der Waals surface area contributed by atoms with Crippen molar-refractivity contribution in [2.75, 3.05) is 25.5 Å². The predicted molar refractivity (Wildman–Crippen MR) is 113 cm³/mol. The molecule has 3 aromatic rings. The molecule has 6 heteroatoms. The number of hydrogen-bond donors (Lipinski definition) is 1. The minimum Gasteiger partial charge on any atom is -0.497 e. The van der Waals surface area contributed by atoms with Crippen molar-refractivity contribution in [2.45, 2.75) is 12.5 Å². The molecular weight excluding hydrogens is 386 g/mol. The molecule has 4 rings (SSSR count). The van der Waals surface area contributed by atoms with Crippen LogP contribution in [0, 0.1) is 11.6 Å². The van der Waals surface area contributed by atoms with E-state index < -0.39 is 11.6 Å². The number of benzene rings is 3. The van der Waals surface area contributed by atoms with Gasteiger partial charge in [-0.05, 0) is 48.4 Å². The lowest BCUT2D eigenvalue weighted by Crippen LogP contribution is -2.32. The van der Waals surface area contributed by atoms with Gasteiger partial charge in [-0.3, -0.25) is 4.79 Å².